The lowest BCUT2D eigenvalue weighted by Gasteiger charge is -2.10. The molecule has 12 nitrogen and oxygen atoms in total. The van der Waals surface area contributed by atoms with E-state index >= 15 is 0 Å². The number of hydrogen-bond donors (Lipinski definition) is 3. The molecule has 0 aliphatic rings. The Bertz CT molecular complexity index is 1700. The van der Waals surface area contributed by atoms with Crippen molar-refractivity contribution in [2.75, 3.05) is 18.5 Å². The van der Waals surface area contributed by atoms with Crippen molar-refractivity contribution < 1.29 is 19.2 Å². The fourth-order valence-corrected chi connectivity index (χ4v) is 4.45. The van der Waals surface area contributed by atoms with Crippen LogP contribution in [0.5, 0.6) is 0 Å². The number of pyridine rings is 1. The first-order valence-electron chi connectivity index (χ1n) is 12.4. The van der Waals surface area contributed by atoms with Gasteiger partial charge in [0.1, 0.15) is 17.9 Å². The number of imidazole rings is 1. The van der Waals surface area contributed by atoms with Crippen LogP contribution in [0, 0.1) is 27.7 Å². The second kappa shape index (κ2) is 10.5. The number of aromatic nitrogens is 6. The predicted octanol–water partition coefficient (Wildman–Crippen LogP) is 2.84. The normalized spacial score (nSPS) is 11.2. The Kier molecular flexibility index (Phi) is 6.94. The quantitative estimate of drug-likeness (QED) is 0.278. The van der Waals surface area contributed by atoms with E-state index in [0.717, 1.165) is 33.6 Å². The van der Waals surface area contributed by atoms with Gasteiger partial charge in [0.25, 0.3) is 5.91 Å². The molecule has 5 rings (SSSR count). The molecule has 1 aromatic carbocycles. The van der Waals surface area contributed by atoms with Crippen LogP contribution in [-0.4, -0.2) is 59.4 Å². The van der Waals surface area contributed by atoms with E-state index in [1.807, 2.05) is 57.3 Å². The largest absolute Gasteiger partial charge is 0.395 e. The molecule has 0 fully saturated rings. The van der Waals surface area contributed by atoms with Crippen LogP contribution < -0.4 is 10.6 Å². The maximum atomic E-state index is 13.4. The van der Waals surface area contributed by atoms with Gasteiger partial charge in [-0.2, -0.15) is 10.1 Å². The van der Waals surface area contributed by atoms with Gasteiger partial charge in [-0.25, -0.2) is 4.98 Å². The van der Waals surface area contributed by atoms with Crippen LogP contribution in [0.15, 0.2) is 47.2 Å². The van der Waals surface area contributed by atoms with E-state index in [1.54, 1.807) is 16.0 Å². The summed E-state index contributed by atoms with van der Waals surface area (Å²) in [5.74, 6) is 0.339. The van der Waals surface area contributed by atoms with Gasteiger partial charge < -0.3 is 20.3 Å². The standard InChI is InChI=1S/C27H28N8O4/c1-15-5-6-19(26-30-18(4)39-33-26)11-21(15)31-27(38)22-12-29-23-8-7-20(13-34(22)23)25-16(2)32-35(17(25)3)14-24(37)28-9-10-36/h5-8,11-13,36H,9-10,14H2,1-4H3,(H,28,37)(H,31,38). The molecule has 0 saturated heterocycles. The number of fused-ring (bicyclic) bond motifs is 1. The van der Waals surface area contributed by atoms with Crippen LogP contribution in [0.2, 0.25) is 0 Å². The molecule has 200 valence electrons. The Morgan fingerprint density at radius 3 is 2.62 bits per heavy atom. The van der Waals surface area contributed by atoms with Crippen molar-refractivity contribution in [3.05, 3.63) is 71.3 Å². The summed E-state index contributed by atoms with van der Waals surface area (Å²) in [6.45, 7) is 7.48. The van der Waals surface area contributed by atoms with Gasteiger partial charge in [-0.15, -0.1) is 0 Å². The summed E-state index contributed by atoms with van der Waals surface area (Å²) in [5.41, 5.74) is 6.45. The summed E-state index contributed by atoms with van der Waals surface area (Å²) in [4.78, 5) is 34.2. The third-order valence-electron chi connectivity index (χ3n) is 6.41. The lowest BCUT2D eigenvalue weighted by atomic mass is 10.1. The minimum Gasteiger partial charge on any atom is -0.395 e. The number of aliphatic hydroxyl groups is 1. The molecular weight excluding hydrogens is 500 g/mol. The number of benzene rings is 1. The molecule has 0 aliphatic heterocycles. The van der Waals surface area contributed by atoms with Crippen molar-refractivity contribution in [2.45, 2.75) is 34.2 Å². The molecule has 3 N–H and O–H groups in total. The van der Waals surface area contributed by atoms with E-state index in [0.29, 0.717) is 28.7 Å². The number of nitrogens with one attached hydrogen (secondary N) is 2. The average molecular weight is 529 g/mol. The minimum absolute atomic E-state index is 0.0372. The molecule has 0 aliphatic carbocycles. The van der Waals surface area contributed by atoms with E-state index in [2.05, 4.69) is 30.9 Å². The fraction of sp³-hybridized carbons (Fsp3) is 0.259. The average Bonchev–Trinajstić information content (AvgIpc) is 3.61. The van der Waals surface area contributed by atoms with Gasteiger partial charge in [-0.1, -0.05) is 17.3 Å². The van der Waals surface area contributed by atoms with E-state index in [4.69, 9.17) is 9.63 Å². The first-order valence-corrected chi connectivity index (χ1v) is 12.4. The number of anilines is 1. The van der Waals surface area contributed by atoms with Gasteiger partial charge in [-0.3, -0.25) is 18.7 Å². The highest BCUT2D eigenvalue weighted by molar-refractivity contribution is 6.04. The summed E-state index contributed by atoms with van der Waals surface area (Å²) in [7, 11) is 0. The predicted molar refractivity (Wildman–Crippen MR) is 143 cm³/mol. The molecule has 2 amide bonds. The number of rotatable bonds is 8. The summed E-state index contributed by atoms with van der Waals surface area (Å²) in [6.07, 6.45) is 3.38. The summed E-state index contributed by atoms with van der Waals surface area (Å²) < 4.78 is 8.44. The monoisotopic (exact) mass is 528 g/mol. The highest BCUT2D eigenvalue weighted by Crippen LogP contribution is 2.28. The van der Waals surface area contributed by atoms with Crippen LogP contribution in [-0.2, 0) is 11.3 Å². The van der Waals surface area contributed by atoms with Crippen molar-refractivity contribution in [2.24, 2.45) is 0 Å². The van der Waals surface area contributed by atoms with Crippen LogP contribution in [0.25, 0.3) is 28.2 Å². The molecule has 4 heterocycles. The molecule has 39 heavy (non-hydrogen) atoms. The minimum atomic E-state index is -0.325. The van der Waals surface area contributed by atoms with E-state index in [1.165, 1.54) is 6.20 Å². The maximum absolute atomic E-state index is 13.4. The summed E-state index contributed by atoms with van der Waals surface area (Å²) >= 11 is 0. The molecule has 0 unspecified atom stereocenters. The molecule has 0 atom stereocenters. The van der Waals surface area contributed by atoms with Crippen molar-refractivity contribution in [3.8, 4) is 22.5 Å². The zero-order valence-corrected chi connectivity index (χ0v) is 22.0. The number of aryl methyl sites for hydroxylation is 3. The highest BCUT2D eigenvalue weighted by Gasteiger charge is 2.19. The number of nitrogens with zero attached hydrogens (tertiary/aromatic N) is 6. The van der Waals surface area contributed by atoms with Crippen molar-refractivity contribution in [3.63, 3.8) is 0 Å². The summed E-state index contributed by atoms with van der Waals surface area (Å²) in [6, 6.07) is 9.32. The number of hydrogen-bond acceptors (Lipinski definition) is 8. The van der Waals surface area contributed by atoms with E-state index < -0.39 is 0 Å². The third kappa shape index (κ3) is 5.14. The Labute approximate surface area is 223 Å². The van der Waals surface area contributed by atoms with Crippen molar-refractivity contribution >= 4 is 23.1 Å². The maximum Gasteiger partial charge on any atom is 0.274 e. The molecule has 0 radical (unpaired) electrons. The van der Waals surface area contributed by atoms with Crippen molar-refractivity contribution in [1.82, 2.24) is 34.6 Å². The Morgan fingerprint density at radius 2 is 1.87 bits per heavy atom. The lowest BCUT2D eigenvalue weighted by Crippen LogP contribution is -2.30. The zero-order valence-electron chi connectivity index (χ0n) is 22.0. The van der Waals surface area contributed by atoms with Gasteiger partial charge in [-0.05, 0) is 44.5 Å². The second-order valence-corrected chi connectivity index (χ2v) is 9.19. The molecule has 0 spiro atoms. The number of carbonyl (C=O) groups excluding carboxylic acids is 2. The van der Waals surface area contributed by atoms with Gasteiger partial charge in [0, 0.05) is 47.7 Å². The number of amides is 2. The highest BCUT2D eigenvalue weighted by atomic mass is 16.5. The molecule has 12 heteroatoms. The smallest absolute Gasteiger partial charge is 0.274 e. The molecule has 0 bridgehead atoms. The van der Waals surface area contributed by atoms with E-state index in [-0.39, 0.29) is 31.5 Å². The van der Waals surface area contributed by atoms with E-state index in [9.17, 15) is 9.59 Å². The topological polar surface area (TPSA) is 152 Å². The third-order valence-corrected chi connectivity index (χ3v) is 6.41. The van der Waals surface area contributed by atoms with Crippen LogP contribution >= 0.6 is 0 Å². The van der Waals surface area contributed by atoms with Gasteiger partial charge in [0.05, 0.1) is 18.5 Å². The lowest BCUT2D eigenvalue weighted by molar-refractivity contribution is -0.122. The first kappa shape index (κ1) is 25.8. The van der Waals surface area contributed by atoms with Gasteiger partial charge in [0.15, 0.2) is 0 Å². The van der Waals surface area contributed by atoms with Gasteiger partial charge in [0.2, 0.25) is 17.6 Å². The fourth-order valence-electron chi connectivity index (χ4n) is 4.45. The zero-order chi connectivity index (χ0) is 27.7. The molecule has 4 aromatic heterocycles. The molecule has 5 aromatic rings. The van der Waals surface area contributed by atoms with Crippen molar-refractivity contribution in [1.29, 1.82) is 0 Å². The number of carbonyl (C=O) groups is 2. The van der Waals surface area contributed by atoms with Crippen LogP contribution in [0.3, 0.4) is 0 Å². The Balaban J connectivity index is 1.44. The summed E-state index contributed by atoms with van der Waals surface area (Å²) in [5, 5.41) is 23.0. The Morgan fingerprint density at radius 1 is 1.08 bits per heavy atom. The number of aliphatic hydroxyl groups excluding tert-OH is 1. The van der Waals surface area contributed by atoms with Crippen LogP contribution in [0.1, 0.15) is 33.3 Å². The Hall–Kier alpha value is -4.84. The molecule has 0 saturated carbocycles. The molecular formula is C27H28N8O4. The van der Waals surface area contributed by atoms with Gasteiger partial charge >= 0.3 is 0 Å². The second-order valence-electron chi connectivity index (χ2n) is 9.19. The van der Waals surface area contributed by atoms with Crippen LogP contribution in [0.4, 0.5) is 5.69 Å². The first-order chi connectivity index (χ1) is 18.7. The SMILES string of the molecule is Cc1nc(-c2ccc(C)c(NC(=O)c3cnc4ccc(-c5c(C)nn(CC(=O)NCCO)c5C)cn34)c2)no1.